The molecule has 2 heterocycles. The van der Waals surface area contributed by atoms with E-state index in [1.54, 1.807) is 12.0 Å². The van der Waals surface area contributed by atoms with Gasteiger partial charge in [-0.2, -0.15) is 0 Å². The van der Waals surface area contributed by atoms with Crippen LogP contribution in [0.5, 0.6) is 5.75 Å². The molecule has 0 unspecified atom stereocenters. The number of methoxy groups -OCH3 is 1. The predicted molar refractivity (Wildman–Crippen MR) is 101 cm³/mol. The summed E-state index contributed by atoms with van der Waals surface area (Å²) in [6.07, 6.45) is 0. The molecule has 0 bridgehead atoms. The Kier molecular flexibility index (Phi) is 3.43. The van der Waals surface area contributed by atoms with Gasteiger partial charge in [0.2, 0.25) is 11.8 Å². The third-order valence-corrected chi connectivity index (χ3v) is 4.75. The molecule has 0 aliphatic carbocycles. The fraction of sp³-hybridized carbons (Fsp3) is 0.0952. The molecule has 0 N–H and O–H groups in total. The van der Waals surface area contributed by atoms with Gasteiger partial charge in [-0.1, -0.05) is 24.3 Å². The van der Waals surface area contributed by atoms with Crippen LogP contribution in [0.4, 0.5) is 5.69 Å². The molecule has 6 heteroatoms. The molecule has 5 rings (SSSR count). The monoisotopic (exact) mass is 357 g/mol. The van der Waals surface area contributed by atoms with Crippen molar-refractivity contribution in [3.8, 4) is 17.2 Å². The Hall–Kier alpha value is -3.67. The minimum atomic E-state index is -0.0500. The molecule has 6 nitrogen and oxygen atoms in total. The molecular formula is C21H15N3O3. The SMILES string of the molecule is COc1ccc(-c2nnc(CN3C(=O)c4cccc5cccc3c45)o2)cc1. The Balaban J connectivity index is 1.46. The number of rotatable bonds is 4. The second-order valence-corrected chi connectivity index (χ2v) is 6.30. The van der Waals surface area contributed by atoms with E-state index >= 15 is 0 Å². The van der Waals surface area contributed by atoms with Crippen molar-refractivity contribution in [3.63, 3.8) is 0 Å². The van der Waals surface area contributed by atoms with E-state index in [4.69, 9.17) is 9.15 Å². The molecule has 0 fully saturated rings. The summed E-state index contributed by atoms with van der Waals surface area (Å²) in [7, 11) is 1.62. The van der Waals surface area contributed by atoms with E-state index in [-0.39, 0.29) is 12.5 Å². The zero-order valence-corrected chi connectivity index (χ0v) is 14.5. The van der Waals surface area contributed by atoms with Crippen LogP contribution in [0.25, 0.3) is 22.2 Å². The van der Waals surface area contributed by atoms with Gasteiger partial charge in [-0.05, 0) is 41.8 Å². The van der Waals surface area contributed by atoms with Crippen molar-refractivity contribution in [2.24, 2.45) is 0 Å². The number of anilines is 1. The summed E-state index contributed by atoms with van der Waals surface area (Å²) in [5.41, 5.74) is 2.38. The zero-order valence-electron chi connectivity index (χ0n) is 14.5. The zero-order chi connectivity index (χ0) is 18.4. The molecule has 1 aliphatic rings. The molecule has 0 saturated carbocycles. The largest absolute Gasteiger partial charge is 0.497 e. The molecule has 27 heavy (non-hydrogen) atoms. The highest BCUT2D eigenvalue weighted by molar-refractivity contribution is 6.24. The number of aromatic nitrogens is 2. The second-order valence-electron chi connectivity index (χ2n) is 6.30. The maximum absolute atomic E-state index is 12.9. The smallest absolute Gasteiger partial charge is 0.259 e. The highest BCUT2D eigenvalue weighted by Crippen LogP contribution is 2.38. The van der Waals surface area contributed by atoms with Gasteiger partial charge in [0.15, 0.2) is 0 Å². The van der Waals surface area contributed by atoms with E-state index in [0.717, 1.165) is 27.8 Å². The first-order chi connectivity index (χ1) is 13.2. The van der Waals surface area contributed by atoms with Crippen molar-refractivity contribution in [3.05, 3.63) is 72.1 Å². The molecular weight excluding hydrogens is 342 g/mol. The molecule has 132 valence electrons. The van der Waals surface area contributed by atoms with Gasteiger partial charge in [0.25, 0.3) is 5.91 Å². The third kappa shape index (κ3) is 2.45. The van der Waals surface area contributed by atoms with Crippen LogP contribution in [0.2, 0.25) is 0 Å². The summed E-state index contributed by atoms with van der Waals surface area (Å²) in [4.78, 5) is 14.5. The van der Waals surface area contributed by atoms with Crippen molar-refractivity contribution in [1.29, 1.82) is 0 Å². The number of hydrogen-bond donors (Lipinski definition) is 0. The number of amides is 1. The van der Waals surface area contributed by atoms with Gasteiger partial charge in [-0.25, -0.2) is 0 Å². The molecule has 1 amide bonds. The number of benzene rings is 3. The van der Waals surface area contributed by atoms with Crippen molar-refractivity contribution < 1.29 is 13.9 Å². The number of hydrogen-bond acceptors (Lipinski definition) is 5. The lowest BCUT2D eigenvalue weighted by Crippen LogP contribution is -2.26. The van der Waals surface area contributed by atoms with Crippen molar-refractivity contribution in [1.82, 2.24) is 10.2 Å². The van der Waals surface area contributed by atoms with E-state index in [9.17, 15) is 4.79 Å². The molecule has 0 spiro atoms. The normalized spacial score (nSPS) is 12.8. The van der Waals surface area contributed by atoms with Gasteiger partial charge < -0.3 is 9.15 Å². The summed E-state index contributed by atoms with van der Waals surface area (Å²) in [5, 5.41) is 10.2. The molecule has 0 atom stereocenters. The lowest BCUT2D eigenvalue weighted by atomic mass is 10.1. The van der Waals surface area contributed by atoms with Gasteiger partial charge in [-0.15, -0.1) is 10.2 Å². The Morgan fingerprint density at radius 3 is 2.56 bits per heavy atom. The fourth-order valence-electron chi connectivity index (χ4n) is 3.44. The molecule has 1 aromatic heterocycles. The third-order valence-electron chi connectivity index (χ3n) is 4.75. The highest BCUT2D eigenvalue weighted by Gasteiger charge is 2.30. The Morgan fingerprint density at radius 1 is 1.00 bits per heavy atom. The number of nitrogens with zero attached hydrogens (tertiary/aromatic N) is 3. The predicted octanol–water partition coefficient (Wildman–Crippen LogP) is 4.06. The summed E-state index contributed by atoms with van der Waals surface area (Å²) >= 11 is 0. The van der Waals surface area contributed by atoms with Crippen molar-refractivity contribution >= 4 is 22.4 Å². The molecule has 0 saturated heterocycles. The average Bonchev–Trinajstić information content (AvgIpc) is 3.29. The quantitative estimate of drug-likeness (QED) is 0.551. The van der Waals surface area contributed by atoms with E-state index in [1.165, 1.54) is 0 Å². The Labute approximate surface area is 155 Å². The maximum atomic E-state index is 12.9. The van der Waals surface area contributed by atoms with Crippen LogP contribution in [-0.4, -0.2) is 23.2 Å². The summed E-state index contributed by atoms with van der Waals surface area (Å²) < 4.78 is 10.9. The molecule has 3 aromatic carbocycles. The van der Waals surface area contributed by atoms with Crippen LogP contribution in [0.1, 0.15) is 16.2 Å². The Morgan fingerprint density at radius 2 is 1.78 bits per heavy atom. The lowest BCUT2D eigenvalue weighted by molar-refractivity contribution is 0.0989. The Bertz CT molecular complexity index is 1160. The van der Waals surface area contributed by atoms with Crippen LogP contribution < -0.4 is 9.64 Å². The second kappa shape index (κ2) is 5.95. The fourth-order valence-corrected chi connectivity index (χ4v) is 3.44. The lowest BCUT2D eigenvalue weighted by Gasteiger charge is -2.15. The number of carbonyl (C=O) groups is 1. The number of ether oxygens (including phenoxy) is 1. The first-order valence-electron chi connectivity index (χ1n) is 8.55. The van der Waals surface area contributed by atoms with E-state index in [2.05, 4.69) is 10.2 Å². The minimum absolute atomic E-state index is 0.0500. The van der Waals surface area contributed by atoms with Crippen LogP contribution >= 0.6 is 0 Å². The first-order valence-corrected chi connectivity index (χ1v) is 8.55. The van der Waals surface area contributed by atoms with Crippen LogP contribution in [0, 0.1) is 0 Å². The average molecular weight is 357 g/mol. The molecule has 0 radical (unpaired) electrons. The van der Waals surface area contributed by atoms with Gasteiger partial charge in [0.05, 0.1) is 12.8 Å². The van der Waals surface area contributed by atoms with Crippen molar-refractivity contribution in [2.45, 2.75) is 6.54 Å². The van der Waals surface area contributed by atoms with Crippen LogP contribution in [0.15, 0.2) is 65.1 Å². The molecule has 4 aromatic rings. The maximum Gasteiger partial charge on any atom is 0.259 e. The van der Waals surface area contributed by atoms with Crippen LogP contribution in [0.3, 0.4) is 0 Å². The minimum Gasteiger partial charge on any atom is -0.497 e. The number of carbonyl (C=O) groups excluding carboxylic acids is 1. The highest BCUT2D eigenvalue weighted by atomic mass is 16.5. The topological polar surface area (TPSA) is 68.5 Å². The van der Waals surface area contributed by atoms with Gasteiger partial charge in [0, 0.05) is 16.5 Å². The molecule has 1 aliphatic heterocycles. The van der Waals surface area contributed by atoms with E-state index < -0.39 is 0 Å². The van der Waals surface area contributed by atoms with E-state index in [1.807, 2.05) is 60.7 Å². The van der Waals surface area contributed by atoms with Gasteiger partial charge >= 0.3 is 0 Å². The first kappa shape index (κ1) is 15.6. The van der Waals surface area contributed by atoms with Crippen molar-refractivity contribution in [2.75, 3.05) is 12.0 Å². The van der Waals surface area contributed by atoms with E-state index in [0.29, 0.717) is 17.3 Å². The van der Waals surface area contributed by atoms with Crippen LogP contribution in [-0.2, 0) is 6.54 Å². The van der Waals surface area contributed by atoms with Gasteiger partial charge in [0.1, 0.15) is 12.3 Å². The summed E-state index contributed by atoms with van der Waals surface area (Å²) in [6.45, 7) is 0.232. The van der Waals surface area contributed by atoms with Gasteiger partial charge in [-0.3, -0.25) is 9.69 Å². The summed E-state index contributed by atoms with van der Waals surface area (Å²) in [6, 6.07) is 19.0. The standard InChI is InChI=1S/C21H15N3O3/c1-26-15-10-8-14(9-11-15)20-23-22-18(27-20)12-24-17-7-3-5-13-4-2-6-16(19(13)17)21(24)25/h2-11H,12H2,1H3. The summed E-state index contributed by atoms with van der Waals surface area (Å²) in [5.74, 6) is 1.51.